The number of nitrogens with one attached hydrogen (secondary N) is 1. The standard InChI is InChI=1S/C14H16N2O3S/c1-9-10(2)20-14(15-9)16-13(17)8-19-12-6-4-11(18-3)5-7-12/h4-7H,8H2,1-3H3,(H,15,16,17). The average Bonchev–Trinajstić information content (AvgIpc) is 2.75. The Labute approximate surface area is 121 Å². The van der Waals surface area contributed by atoms with Gasteiger partial charge in [-0.2, -0.15) is 0 Å². The maximum Gasteiger partial charge on any atom is 0.264 e. The van der Waals surface area contributed by atoms with Gasteiger partial charge in [-0.25, -0.2) is 4.98 Å². The van der Waals surface area contributed by atoms with Gasteiger partial charge in [0.15, 0.2) is 11.7 Å². The van der Waals surface area contributed by atoms with Crippen LogP contribution in [0.3, 0.4) is 0 Å². The predicted molar refractivity (Wildman–Crippen MR) is 78.7 cm³/mol. The molecule has 1 aromatic heterocycles. The molecule has 0 unspecified atom stereocenters. The summed E-state index contributed by atoms with van der Waals surface area (Å²) in [5, 5.41) is 3.32. The highest BCUT2D eigenvalue weighted by Crippen LogP contribution is 2.21. The molecular formula is C14H16N2O3S. The summed E-state index contributed by atoms with van der Waals surface area (Å²) in [7, 11) is 1.60. The first kappa shape index (κ1) is 14.3. The van der Waals surface area contributed by atoms with E-state index in [-0.39, 0.29) is 12.5 Å². The second kappa shape index (κ2) is 6.38. The van der Waals surface area contributed by atoms with Crippen LogP contribution in [0.2, 0.25) is 0 Å². The number of carbonyl (C=O) groups is 1. The minimum atomic E-state index is -0.227. The van der Waals surface area contributed by atoms with E-state index < -0.39 is 0 Å². The van der Waals surface area contributed by atoms with Crippen molar-refractivity contribution in [3.8, 4) is 11.5 Å². The number of ether oxygens (including phenoxy) is 2. The minimum absolute atomic E-state index is 0.0516. The summed E-state index contributed by atoms with van der Waals surface area (Å²) >= 11 is 1.45. The van der Waals surface area contributed by atoms with Gasteiger partial charge in [0, 0.05) is 4.88 Å². The van der Waals surface area contributed by atoms with Crippen molar-refractivity contribution in [2.24, 2.45) is 0 Å². The molecule has 0 aliphatic carbocycles. The molecule has 1 heterocycles. The summed E-state index contributed by atoms with van der Waals surface area (Å²) in [6, 6.07) is 7.06. The molecule has 106 valence electrons. The van der Waals surface area contributed by atoms with Crippen LogP contribution in [0, 0.1) is 13.8 Å². The van der Waals surface area contributed by atoms with Crippen molar-refractivity contribution in [3.05, 3.63) is 34.8 Å². The molecule has 1 amide bonds. The Morgan fingerprint density at radius 1 is 1.25 bits per heavy atom. The number of hydrogen-bond acceptors (Lipinski definition) is 5. The van der Waals surface area contributed by atoms with Gasteiger partial charge in [0.1, 0.15) is 11.5 Å². The number of nitrogens with zero attached hydrogens (tertiary/aromatic N) is 1. The quantitative estimate of drug-likeness (QED) is 0.920. The van der Waals surface area contributed by atoms with Gasteiger partial charge in [-0.05, 0) is 38.1 Å². The van der Waals surface area contributed by atoms with Crippen LogP contribution in [0.5, 0.6) is 11.5 Å². The first-order valence-corrected chi connectivity index (χ1v) is 6.91. The van der Waals surface area contributed by atoms with Crippen LogP contribution in [0.25, 0.3) is 0 Å². The van der Waals surface area contributed by atoms with Crippen molar-refractivity contribution in [3.63, 3.8) is 0 Å². The fraction of sp³-hybridized carbons (Fsp3) is 0.286. The molecule has 2 rings (SSSR count). The molecule has 0 saturated heterocycles. The van der Waals surface area contributed by atoms with Gasteiger partial charge in [-0.1, -0.05) is 0 Å². The Bertz CT molecular complexity index is 573. The normalized spacial score (nSPS) is 10.2. The lowest BCUT2D eigenvalue weighted by Crippen LogP contribution is -2.20. The minimum Gasteiger partial charge on any atom is -0.497 e. The van der Waals surface area contributed by atoms with E-state index in [4.69, 9.17) is 9.47 Å². The number of methoxy groups -OCH3 is 1. The number of hydrogen-bond donors (Lipinski definition) is 1. The number of benzene rings is 1. The third-order valence-electron chi connectivity index (χ3n) is 2.70. The summed E-state index contributed by atoms with van der Waals surface area (Å²) in [5.74, 6) is 1.14. The van der Waals surface area contributed by atoms with E-state index in [2.05, 4.69) is 10.3 Å². The van der Waals surface area contributed by atoms with Crippen LogP contribution in [0.15, 0.2) is 24.3 Å². The molecule has 0 fully saturated rings. The Kier molecular flexibility index (Phi) is 4.57. The summed E-state index contributed by atoms with van der Waals surface area (Å²) < 4.78 is 10.4. The van der Waals surface area contributed by atoms with E-state index in [9.17, 15) is 4.79 Å². The lowest BCUT2D eigenvalue weighted by Gasteiger charge is -2.06. The number of thiazole rings is 1. The molecule has 0 aliphatic rings. The molecule has 0 saturated carbocycles. The predicted octanol–water partition coefficient (Wildman–Crippen LogP) is 2.79. The molecule has 2 aromatic rings. The molecule has 0 atom stereocenters. The van der Waals surface area contributed by atoms with Crippen molar-refractivity contribution in [2.75, 3.05) is 19.0 Å². The third kappa shape index (κ3) is 3.71. The fourth-order valence-electron chi connectivity index (χ4n) is 1.50. The highest BCUT2D eigenvalue weighted by atomic mass is 32.1. The van der Waals surface area contributed by atoms with Gasteiger partial charge in [0.2, 0.25) is 0 Å². The molecule has 1 N–H and O–H groups in total. The molecule has 0 radical (unpaired) electrons. The third-order valence-corrected chi connectivity index (χ3v) is 3.69. The fourth-order valence-corrected chi connectivity index (χ4v) is 2.33. The van der Waals surface area contributed by atoms with Crippen LogP contribution >= 0.6 is 11.3 Å². The zero-order chi connectivity index (χ0) is 14.5. The van der Waals surface area contributed by atoms with Gasteiger partial charge >= 0.3 is 0 Å². The van der Waals surface area contributed by atoms with Crippen molar-refractivity contribution in [2.45, 2.75) is 13.8 Å². The molecule has 0 spiro atoms. The number of rotatable bonds is 5. The Hall–Kier alpha value is -2.08. The van der Waals surface area contributed by atoms with Crippen molar-refractivity contribution >= 4 is 22.4 Å². The zero-order valence-electron chi connectivity index (χ0n) is 11.6. The van der Waals surface area contributed by atoms with Crippen molar-refractivity contribution in [1.29, 1.82) is 0 Å². The van der Waals surface area contributed by atoms with Crippen molar-refractivity contribution in [1.82, 2.24) is 4.98 Å². The van der Waals surface area contributed by atoms with E-state index in [0.717, 1.165) is 16.3 Å². The number of aryl methyl sites for hydroxylation is 2. The first-order chi connectivity index (χ1) is 9.58. The number of carbonyl (C=O) groups excluding carboxylic acids is 1. The average molecular weight is 292 g/mol. The van der Waals surface area contributed by atoms with E-state index >= 15 is 0 Å². The van der Waals surface area contributed by atoms with Gasteiger partial charge < -0.3 is 9.47 Å². The van der Waals surface area contributed by atoms with Crippen LogP contribution in [-0.4, -0.2) is 24.6 Å². The molecule has 6 heteroatoms. The smallest absolute Gasteiger partial charge is 0.264 e. The first-order valence-electron chi connectivity index (χ1n) is 6.09. The second-order valence-corrected chi connectivity index (χ2v) is 5.38. The summed E-state index contributed by atoms with van der Waals surface area (Å²) in [6.07, 6.45) is 0. The van der Waals surface area contributed by atoms with Gasteiger partial charge in [0.25, 0.3) is 5.91 Å². The van der Waals surface area contributed by atoms with E-state index in [1.165, 1.54) is 11.3 Å². The highest BCUT2D eigenvalue weighted by molar-refractivity contribution is 7.15. The van der Waals surface area contributed by atoms with Crippen LogP contribution in [0.1, 0.15) is 10.6 Å². The Morgan fingerprint density at radius 2 is 1.90 bits per heavy atom. The van der Waals surface area contributed by atoms with Crippen LogP contribution < -0.4 is 14.8 Å². The number of anilines is 1. The van der Waals surface area contributed by atoms with E-state index in [1.807, 2.05) is 13.8 Å². The van der Waals surface area contributed by atoms with Gasteiger partial charge in [0.05, 0.1) is 12.8 Å². The van der Waals surface area contributed by atoms with Crippen LogP contribution in [-0.2, 0) is 4.79 Å². The molecule has 1 aromatic carbocycles. The second-order valence-electron chi connectivity index (χ2n) is 4.17. The molecular weight excluding hydrogens is 276 g/mol. The number of amides is 1. The molecule has 0 aliphatic heterocycles. The Morgan fingerprint density at radius 3 is 2.45 bits per heavy atom. The van der Waals surface area contributed by atoms with E-state index in [1.54, 1.807) is 31.4 Å². The van der Waals surface area contributed by atoms with Crippen LogP contribution in [0.4, 0.5) is 5.13 Å². The summed E-state index contributed by atoms with van der Waals surface area (Å²) in [6.45, 7) is 3.83. The molecule has 0 bridgehead atoms. The topological polar surface area (TPSA) is 60.5 Å². The van der Waals surface area contributed by atoms with Gasteiger partial charge in [-0.15, -0.1) is 11.3 Å². The number of aromatic nitrogens is 1. The maximum atomic E-state index is 11.7. The highest BCUT2D eigenvalue weighted by Gasteiger charge is 2.08. The van der Waals surface area contributed by atoms with Gasteiger partial charge in [-0.3, -0.25) is 10.1 Å². The monoisotopic (exact) mass is 292 g/mol. The van der Waals surface area contributed by atoms with Crippen molar-refractivity contribution < 1.29 is 14.3 Å². The van der Waals surface area contributed by atoms with E-state index in [0.29, 0.717) is 10.9 Å². The lowest BCUT2D eigenvalue weighted by atomic mass is 10.3. The zero-order valence-corrected chi connectivity index (χ0v) is 12.4. The SMILES string of the molecule is COc1ccc(OCC(=O)Nc2nc(C)c(C)s2)cc1. The lowest BCUT2D eigenvalue weighted by molar-refractivity contribution is -0.118. The summed E-state index contributed by atoms with van der Waals surface area (Å²) in [4.78, 5) is 17.1. The largest absolute Gasteiger partial charge is 0.497 e. The summed E-state index contributed by atoms with van der Waals surface area (Å²) in [5.41, 5.74) is 0.932. The Balaban J connectivity index is 1.85. The molecule has 20 heavy (non-hydrogen) atoms. The maximum absolute atomic E-state index is 11.7. The molecule has 5 nitrogen and oxygen atoms in total.